The van der Waals surface area contributed by atoms with Gasteiger partial charge in [0.15, 0.2) is 0 Å². The number of hydrogen-bond donors (Lipinski definition) is 1. The zero-order valence-corrected chi connectivity index (χ0v) is 8.73. The van der Waals surface area contributed by atoms with Crippen LogP contribution < -0.4 is 10.1 Å². The Kier molecular flexibility index (Phi) is 1.99. The number of hydrogen-bond acceptors (Lipinski definition) is 3. The van der Waals surface area contributed by atoms with Crippen molar-refractivity contribution in [1.82, 2.24) is 10.3 Å². The largest absolute Gasteiger partial charge is 0.495 e. The number of nitrogens with zero attached hydrogens (tertiary/aromatic N) is 1. The lowest BCUT2D eigenvalue weighted by Gasteiger charge is -2.31. The molecule has 2 atom stereocenters. The molecule has 1 aliphatic heterocycles. The minimum atomic E-state index is 0.603. The van der Waals surface area contributed by atoms with E-state index >= 15 is 0 Å². The van der Waals surface area contributed by atoms with E-state index in [2.05, 4.69) is 22.4 Å². The predicted molar refractivity (Wildman–Crippen MR) is 58.7 cm³/mol. The average Bonchev–Trinajstić information content (AvgIpc) is 2.55. The summed E-state index contributed by atoms with van der Waals surface area (Å²) in [7, 11) is 1.68. The van der Waals surface area contributed by atoms with Crippen molar-refractivity contribution in [2.45, 2.75) is 12.5 Å². The van der Waals surface area contributed by atoms with Crippen LogP contribution in [0.5, 0.6) is 5.75 Å². The molecule has 0 saturated carbocycles. The Bertz CT molecular complexity index is 414. The lowest BCUT2D eigenvalue weighted by Crippen LogP contribution is -2.49. The summed E-state index contributed by atoms with van der Waals surface area (Å²) >= 11 is 0. The van der Waals surface area contributed by atoms with Gasteiger partial charge in [-0.2, -0.15) is 0 Å². The molecule has 1 N–H and O–H groups in total. The van der Waals surface area contributed by atoms with Crippen LogP contribution in [0.1, 0.15) is 12.0 Å². The maximum atomic E-state index is 5.18. The van der Waals surface area contributed by atoms with Crippen molar-refractivity contribution in [1.29, 1.82) is 0 Å². The van der Waals surface area contributed by atoms with Crippen LogP contribution in [-0.4, -0.2) is 24.7 Å². The number of fused-ring (bicyclic) bond motifs is 1. The van der Waals surface area contributed by atoms with Crippen LogP contribution in [0.3, 0.4) is 0 Å². The van der Waals surface area contributed by atoms with E-state index in [1.54, 1.807) is 13.3 Å². The zero-order valence-electron chi connectivity index (χ0n) is 8.73. The molecule has 3 rings (SSSR count). The molecule has 2 aliphatic rings. The van der Waals surface area contributed by atoms with Gasteiger partial charge >= 0.3 is 0 Å². The van der Waals surface area contributed by atoms with Crippen LogP contribution in [-0.2, 0) is 0 Å². The minimum Gasteiger partial charge on any atom is -0.495 e. The van der Waals surface area contributed by atoms with Gasteiger partial charge in [0.25, 0.3) is 0 Å². The molecule has 3 nitrogen and oxygen atoms in total. The number of rotatable bonds is 2. The second kappa shape index (κ2) is 3.35. The summed E-state index contributed by atoms with van der Waals surface area (Å²) in [6, 6.07) is 2.66. The summed E-state index contributed by atoms with van der Waals surface area (Å²) in [5, 5.41) is 3.41. The number of methoxy groups -OCH3 is 1. The molecular formula is C12H14N2O. The van der Waals surface area contributed by atoms with Crippen molar-refractivity contribution in [3.05, 3.63) is 30.1 Å². The number of ether oxygens (including phenoxy) is 1. The first kappa shape index (κ1) is 8.92. The molecule has 78 valence electrons. The molecule has 0 unspecified atom stereocenters. The first-order valence-electron chi connectivity index (χ1n) is 5.30. The van der Waals surface area contributed by atoms with Gasteiger partial charge in [0, 0.05) is 18.8 Å². The minimum absolute atomic E-state index is 0.603. The fourth-order valence-corrected chi connectivity index (χ4v) is 2.30. The maximum absolute atomic E-state index is 5.18. The van der Waals surface area contributed by atoms with E-state index in [-0.39, 0.29) is 0 Å². The third-order valence-corrected chi connectivity index (χ3v) is 3.31. The van der Waals surface area contributed by atoms with E-state index < -0.39 is 0 Å². The first-order chi connectivity index (χ1) is 7.36. The second-order valence-corrected chi connectivity index (χ2v) is 4.20. The van der Waals surface area contributed by atoms with Crippen LogP contribution in [0.15, 0.2) is 24.5 Å². The normalized spacial score (nSPS) is 27.9. The van der Waals surface area contributed by atoms with E-state index in [1.807, 2.05) is 6.20 Å². The molecule has 1 aliphatic carbocycles. The SMILES string of the molecule is COc1cncc(C2=C[C@H]3NC[C@H]3C2)c1. The van der Waals surface area contributed by atoms with E-state index in [4.69, 9.17) is 4.74 Å². The predicted octanol–water partition coefficient (Wildman–Crippen LogP) is 1.47. The third-order valence-electron chi connectivity index (χ3n) is 3.31. The molecule has 1 aromatic rings. The molecule has 0 aromatic carbocycles. The summed E-state index contributed by atoms with van der Waals surface area (Å²) in [5.74, 6) is 1.65. The molecule has 1 fully saturated rings. The molecule has 0 spiro atoms. The molecule has 2 heterocycles. The average molecular weight is 202 g/mol. The Labute approximate surface area is 89.2 Å². The monoisotopic (exact) mass is 202 g/mol. The summed E-state index contributed by atoms with van der Waals surface area (Å²) in [4.78, 5) is 4.18. The standard InChI is InChI=1S/C12H14N2O/c1-15-11-3-9(5-13-7-11)8-2-10-6-14-12(10)4-8/h3-5,7,10,12,14H,2,6H2,1H3/t10-,12-/m1/s1. The van der Waals surface area contributed by atoms with Crippen LogP contribution in [0.25, 0.3) is 5.57 Å². The Hall–Kier alpha value is -1.35. The van der Waals surface area contributed by atoms with Crippen molar-refractivity contribution in [2.75, 3.05) is 13.7 Å². The van der Waals surface area contributed by atoms with Crippen LogP contribution in [0.2, 0.25) is 0 Å². The Morgan fingerprint density at radius 2 is 2.40 bits per heavy atom. The summed E-state index contributed by atoms with van der Waals surface area (Å²) in [6.45, 7) is 1.15. The van der Waals surface area contributed by atoms with Crippen molar-refractivity contribution >= 4 is 5.57 Å². The molecule has 0 bridgehead atoms. The first-order valence-corrected chi connectivity index (χ1v) is 5.30. The highest BCUT2D eigenvalue weighted by molar-refractivity contribution is 5.69. The highest BCUT2D eigenvalue weighted by atomic mass is 16.5. The van der Waals surface area contributed by atoms with Crippen LogP contribution in [0, 0.1) is 5.92 Å². The van der Waals surface area contributed by atoms with E-state index in [9.17, 15) is 0 Å². The van der Waals surface area contributed by atoms with Gasteiger partial charge in [-0.25, -0.2) is 0 Å². The van der Waals surface area contributed by atoms with Crippen LogP contribution in [0.4, 0.5) is 0 Å². The third kappa shape index (κ3) is 1.43. The fourth-order valence-electron chi connectivity index (χ4n) is 2.30. The number of allylic oxidation sites excluding steroid dienone is 1. The lowest BCUT2D eigenvalue weighted by molar-refractivity contribution is 0.301. The van der Waals surface area contributed by atoms with Gasteiger partial charge in [-0.1, -0.05) is 6.08 Å². The van der Waals surface area contributed by atoms with Gasteiger partial charge in [-0.3, -0.25) is 4.98 Å². The summed E-state index contributed by atoms with van der Waals surface area (Å²) < 4.78 is 5.18. The van der Waals surface area contributed by atoms with Crippen molar-refractivity contribution in [2.24, 2.45) is 5.92 Å². The number of aromatic nitrogens is 1. The number of nitrogens with one attached hydrogen (secondary N) is 1. The van der Waals surface area contributed by atoms with Crippen molar-refractivity contribution in [3.63, 3.8) is 0 Å². The molecule has 1 aromatic heterocycles. The van der Waals surface area contributed by atoms with E-state index in [0.29, 0.717) is 6.04 Å². The van der Waals surface area contributed by atoms with E-state index in [0.717, 1.165) is 18.2 Å². The quantitative estimate of drug-likeness (QED) is 0.788. The van der Waals surface area contributed by atoms with Gasteiger partial charge in [0.1, 0.15) is 5.75 Å². The van der Waals surface area contributed by atoms with Gasteiger partial charge < -0.3 is 10.1 Å². The topological polar surface area (TPSA) is 34.1 Å². The van der Waals surface area contributed by atoms with Crippen molar-refractivity contribution in [3.8, 4) is 5.75 Å². The smallest absolute Gasteiger partial charge is 0.137 e. The lowest BCUT2D eigenvalue weighted by atomic mass is 9.94. The number of pyridine rings is 1. The molecule has 15 heavy (non-hydrogen) atoms. The molecular weight excluding hydrogens is 188 g/mol. The maximum Gasteiger partial charge on any atom is 0.137 e. The summed E-state index contributed by atoms with van der Waals surface area (Å²) in [6.07, 6.45) is 7.15. The van der Waals surface area contributed by atoms with Gasteiger partial charge in [0.05, 0.1) is 13.3 Å². The molecule has 0 radical (unpaired) electrons. The summed E-state index contributed by atoms with van der Waals surface area (Å²) in [5.41, 5.74) is 2.60. The van der Waals surface area contributed by atoms with Gasteiger partial charge in [0.2, 0.25) is 0 Å². The van der Waals surface area contributed by atoms with Gasteiger partial charge in [-0.15, -0.1) is 0 Å². The molecule has 3 heteroatoms. The fraction of sp³-hybridized carbons (Fsp3) is 0.417. The Morgan fingerprint density at radius 1 is 1.47 bits per heavy atom. The Morgan fingerprint density at radius 3 is 3.00 bits per heavy atom. The second-order valence-electron chi connectivity index (χ2n) is 4.20. The molecule has 1 saturated heterocycles. The van der Waals surface area contributed by atoms with E-state index in [1.165, 1.54) is 17.6 Å². The highest BCUT2D eigenvalue weighted by Crippen LogP contribution is 2.36. The highest BCUT2D eigenvalue weighted by Gasteiger charge is 2.34. The van der Waals surface area contributed by atoms with Gasteiger partial charge in [-0.05, 0) is 29.5 Å². The Balaban J connectivity index is 1.89. The van der Waals surface area contributed by atoms with Crippen molar-refractivity contribution < 1.29 is 4.74 Å². The molecule has 0 amide bonds. The van der Waals surface area contributed by atoms with Crippen LogP contribution >= 0.6 is 0 Å². The zero-order chi connectivity index (χ0) is 10.3.